The van der Waals surface area contributed by atoms with Crippen molar-refractivity contribution in [3.8, 4) is 0 Å². The van der Waals surface area contributed by atoms with Crippen molar-refractivity contribution in [3.05, 3.63) is 11.6 Å². The van der Waals surface area contributed by atoms with E-state index in [-0.39, 0.29) is 12.0 Å². The first-order valence-corrected chi connectivity index (χ1v) is 9.32. The Labute approximate surface area is 113 Å². The lowest BCUT2D eigenvalue weighted by atomic mass is 10.2. The topological polar surface area (TPSA) is 89.9 Å². The summed E-state index contributed by atoms with van der Waals surface area (Å²) in [7, 11) is -2.05. The van der Waals surface area contributed by atoms with Crippen molar-refractivity contribution in [3.63, 3.8) is 0 Å². The molecule has 0 aliphatic heterocycles. The lowest BCUT2D eigenvalue weighted by Crippen LogP contribution is -2.37. The van der Waals surface area contributed by atoms with E-state index < -0.39 is 32.3 Å². The van der Waals surface area contributed by atoms with Crippen molar-refractivity contribution in [2.75, 3.05) is 0 Å². The molecular formula is C12H20O6Si. The van der Waals surface area contributed by atoms with Crippen LogP contribution in [0, 0.1) is 0 Å². The fourth-order valence-electron chi connectivity index (χ4n) is 1.13. The van der Waals surface area contributed by atoms with Crippen LogP contribution in [-0.2, 0) is 23.5 Å². The predicted molar refractivity (Wildman–Crippen MR) is 71.0 cm³/mol. The van der Waals surface area contributed by atoms with Crippen LogP contribution in [0.2, 0.25) is 19.6 Å². The second-order valence-electron chi connectivity index (χ2n) is 5.00. The Kier molecular flexibility index (Phi) is 6.47. The molecule has 0 saturated heterocycles. The highest BCUT2D eigenvalue weighted by Crippen LogP contribution is 2.11. The second kappa shape index (κ2) is 7.08. The maximum absolute atomic E-state index is 11.8. The molecule has 108 valence electrons. The molecular weight excluding hydrogens is 268 g/mol. The molecule has 0 bridgehead atoms. The van der Waals surface area contributed by atoms with Crippen molar-refractivity contribution in [1.82, 2.24) is 0 Å². The number of hydrogen-bond donors (Lipinski definition) is 1. The highest BCUT2D eigenvalue weighted by atomic mass is 28.4. The number of hydrogen-bond acceptors (Lipinski definition) is 5. The lowest BCUT2D eigenvalue weighted by molar-refractivity contribution is -0.160. The number of carboxylic acids is 1. The van der Waals surface area contributed by atoms with Crippen molar-refractivity contribution in [1.29, 1.82) is 0 Å². The fraction of sp³-hybridized carbons (Fsp3) is 0.583. The van der Waals surface area contributed by atoms with Gasteiger partial charge in [0.2, 0.25) is 8.32 Å². The van der Waals surface area contributed by atoms with E-state index in [4.69, 9.17) is 14.3 Å². The second-order valence-corrected chi connectivity index (χ2v) is 9.43. The van der Waals surface area contributed by atoms with Crippen molar-refractivity contribution >= 4 is 26.2 Å². The van der Waals surface area contributed by atoms with Gasteiger partial charge < -0.3 is 14.3 Å². The first kappa shape index (κ1) is 17.4. The molecule has 1 unspecified atom stereocenters. The summed E-state index contributed by atoms with van der Waals surface area (Å²) >= 11 is 0. The number of rotatable bonds is 6. The zero-order valence-corrected chi connectivity index (χ0v) is 12.9. The minimum absolute atomic E-state index is 0.0771. The molecule has 19 heavy (non-hydrogen) atoms. The molecule has 0 spiro atoms. The predicted octanol–water partition coefficient (Wildman–Crippen LogP) is 1.72. The molecule has 1 atom stereocenters. The summed E-state index contributed by atoms with van der Waals surface area (Å²) in [6.45, 7) is 8.52. The third-order valence-corrected chi connectivity index (χ3v) is 2.77. The molecule has 0 aliphatic rings. The Morgan fingerprint density at radius 1 is 1.26 bits per heavy atom. The molecule has 0 saturated carbocycles. The van der Waals surface area contributed by atoms with Crippen molar-refractivity contribution in [2.24, 2.45) is 0 Å². The van der Waals surface area contributed by atoms with E-state index in [1.807, 2.05) is 19.6 Å². The van der Waals surface area contributed by atoms with Crippen LogP contribution in [0.1, 0.15) is 20.3 Å². The quantitative estimate of drug-likeness (QED) is 0.454. The van der Waals surface area contributed by atoms with Crippen LogP contribution in [0.5, 0.6) is 0 Å². The molecule has 0 aliphatic carbocycles. The van der Waals surface area contributed by atoms with Gasteiger partial charge in [-0.05, 0) is 33.0 Å². The van der Waals surface area contributed by atoms with Gasteiger partial charge in [0.25, 0.3) is 0 Å². The zero-order valence-electron chi connectivity index (χ0n) is 11.9. The van der Waals surface area contributed by atoms with E-state index in [1.165, 1.54) is 6.92 Å². The summed E-state index contributed by atoms with van der Waals surface area (Å²) in [4.78, 5) is 33.8. The van der Waals surface area contributed by atoms with Gasteiger partial charge >= 0.3 is 17.9 Å². The number of ether oxygens (including phenoxy) is 1. The summed E-state index contributed by atoms with van der Waals surface area (Å²) in [5.41, 5.74) is -0.0771. The van der Waals surface area contributed by atoms with Gasteiger partial charge in [-0.1, -0.05) is 6.92 Å². The van der Waals surface area contributed by atoms with E-state index in [0.717, 1.165) is 6.08 Å². The highest BCUT2D eigenvalue weighted by Gasteiger charge is 2.28. The smallest absolute Gasteiger partial charge is 0.334 e. The van der Waals surface area contributed by atoms with E-state index >= 15 is 0 Å². The minimum Gasteiger partial charge on any atom is -0.517 e. The Bertz CT molecular complexity index is 394. The van der Waals surface area contributed by atoms with Gasteiger partial charge in [0.15, 0.2) is 6.10 Å². The van der Waals surface area contributed by atoms with Gasteiger partial charge in [0.1, 0.15) is 0 Å². The van der Waals surface area contributed by atoms with Crippen LogP contribution < -0.4 is 0 Å². The van der Waals surface area contributed by atoms with Crippen LogP contribution in [0.25, 0.3) is 0 Å². The SMILES string of the molecule is CCC(OC(=O)/C(C)=C/C(=O)O)C(=O)O[Si](C)(C)C. The van der Waals surface area contributed by atoms with Gasteiger partial charge in [0.05, 0.1) is 0 Å². The van der Waals surface area contributed by atoms with Crippen LogP contribution in [0.3, 0.4) is 0 Å². The molecule has 7 heteroatoms. The molecule has 0 radical (unpaired) electrons. The monoisotopic (exact) mass is 288 g/mol. The average molecular weight is 288 g/mol. The van der Waals surface area contributed by atoms with Crippen LogP contribution in [-0.4, -0.2) is 37.4 Å². The number of esters is 1. The van der Waals surface area contributed by atoms with Gasteiger partial charge in [-0.2, -0.15) is 0 Å². The number of aliphatic carboxylic acids is 1. The molecule has 0 amide bonds. The third-order valence-electron chi connectivity index (χ3n) is 1.95. The number of carbonyl (C=O) groups excluding carboxylic acids is 2. The summed E-state index contributed by atoms with van der Waals surface area (Å²) in [5, 5.41) is 8.52. The summed E-state index contributed by atoms with van der Waals surface area (Å²) in [6.07, 6.45) is 0.00487. The summed E-state index contributed by atoms with van der Waals surface area (Å²) < 4.78 is 10.2. The lowest BCUT2D eigenvalue weighted by Gasteiger charge is -2.22. The molecule has 0 heterocycles. The van der Waals surface area contributed by atoms with E-state index in [2.05, 4.69) is 0 Å². The average Bonchev–Trinajstić information content (AvgIpc) is 2.21. The summed E-state index contributed by atoms with van der Waals surface area (Å²) in [6, 6.07) is 0. The Hall–Kier alpha value is -1.63. The van der Waals surface area contributed by atoms with Gasteiger partial charge in [-0.3, -0.25) is 0 Å². The Morgan fingerprint density at radius 2 is 1.79 bits per heavy atom. The number of carboxylic acid groups (broad SMARTS) is 1. The molecule has 0 aromatic carbocycles. The zero-order chi connectivity index (χ0) is 15.2. The summed E-state index contributed by atoms with van der Waals surface area (Å²) in [5.74, 6) is -2.66. The van der Waals surface area contributed by atoms with E-state index in [1.54, 1.807) is 6.92 Å². The maximum Gasteiger partial charge on any atom is 0.334 e. The normalized spacial score (nSPS) is 13.6. The largest absolute Gasteiger partial charge is 0.517 e. The first-order chi connectivity index (χ1) is 8.56. The first-order valence-electron chi connectivity index (χ1n) is 5.92. The van der Waals surface area contributed by atoms with Crippen LogP contribution in [0.4, 0.5) is 0 Å². The van der Waals surface area contributed by atoms with Crippen LogP contribution in [0.15, 0.2) is 11.6 Å². The molecule has 0 aromatic heterocycles. The van der Waals surface area contributed by atoms with Crippen molar-refractivity contribution in [2.45, 2.75) is 46.0 Å². The minimum atomic E-state index is -2.05. The van der Waals surface area contributed by atoms with E-state index in [0.29, 0.717) is 0 Å². The molecule has 0 fully saturated rings. The Morgan fingerprint density at radius 3 is 2.16 bits per heavy atom. The standard InChI is InChI=1S/C12H20O6Si/c1-6-9(12(16)18-19(3,4)5)17-11(15)8(2)7-10(13)14/h7,9H,6H2,1-5H3,(H,13,14)/b8-7+. The van der Waals surface area contributed by atoms with Gasteiger partial charge in [-0.15, -0.1) is 0 Å². The number of carbonyl (C=O) groups is 3. The molecule has 0 aromatic rings. The van der Waals surface area contributed by atoms with Crippen LogP contribution >= 0.6 is 0 Å². The molecule has 1 N–H and O–H groups in total. The molecule has 6 nitrogen and oxygen atoms in total. The highest BCUT2D eigenvalue weighted by molar-refractivity contribution is 6.71. The van der Waals surface area contributed by atoms with E-state index in [9.17, 15) is 14.4 Å². The van der Waals surface area contributed by atoms with Gasteiger partial charge in [0, 0.05) is 11.6 Å². The fourth-order valence-corrected chi connectivity index (χ4v) is 1.87. The van der Waals surface area contributed by atoms with Crippen molar-refractivity contribution < 1.29 is 28.7 Å². The van der Waals surface area contributed by atoms with Gasteiger partial charge in [-0.25, -0.2) is 14.4 Å². The Balaban J connectivity index is 4.70. The maximum atomic E-state index is 11.8. The third kappa shape index (κ3) is 7.40. The molecule has 0 rings (SSSR count).